The van der Waals surface area contributed by atoms with E-state index in [1.54, 1.807) is 30.1 Å². The normalized spacial score (nSPS) is 10.7. The van der Waals surface area contributed by atoms with Gasteiger partial charge in [0.15, 0.2) is 0 Å². The number of carbonyl (C=O) groups is 1. The van der Waals surface area contributed by atoms with Gasteiger partial charge in [-0.2, -0.15) is 0 Å². The Bertz CT molecular complexity index is 1410. The molecule has 37 heavy (non-hydrogen) atoms. The van der Waals surface area contributed by atoms with Crippen LogP contribution in [0.2, 0.25) is 0 Å². The SMILES string of the molecule is O=C(OC#Cc1ccc(SC(c2ccccc2)(c2ccccc2)c2ccccc2)cc1)c1cccnc1. The lowest BCUT2D eigenvalue weighted by Crippen LogP contribution is -2.25. The fourth-order valence-corrected chi connectivity index (χ4v) is 5.54. The highest BCUT2D eigenvalue weighted by Crippen LogP contribution is 2.51. The monoisotopic (exact) mass is 497 g/mol. The van der Waals surface area contributed by atoms with E-state index in [9.17, 15) is 4.79 Å². The summed E-state index contributed by atoms with van der Waals surface area (Å²) in [7, 11) is 0. The molecular formula is C33H23NO2S. The van der Waals surface area contributed by atoms with E-state index in [0.29, 0.717) is 5.56 Å². The lowest BCUT2D eigenvalue weighted by molar-refractivity contribution is 0.0690. The highest BCUT2D eigenvalue weighted by molar-refractivity contribution is 8.00. The van der Waals surface area contributed by atoms with E-state index >= 15 is 0 Å². The molecule has 5 aromatic rings. The maximum absolute atomic E-state index is 12.1. The summed E-state index contributed by atoms with van der Waals surface area (Å²) in [5.41, 5.74) is 4.71. The van der Waals surface area contributed by atoms with Crippen molar-refractivity contribution in [2.45, 2.75) is 9.64 Å². The van der Waals surface area contributed by atoms with Gasteiger partial charge in [-0.15, -0.1) is 11.8 Å². The van der Waals surface area contributed by atoms with Gasteiger partial charge in [-0.25, -0.2) is 4.79 Å². The van der Waals surface area contributed by atoms with Gasteiger partial charge in [-0.3, -0.25) is 4.98 Å². The van der Waals surface area contributed by atoms with Gasteiger partial charge in [0, 0.05) is 22.9 Å². The lowest BCUT2D eigenvalue weighted by Gasteiger charge is -2.35. The second-order valence-electron chi connectivity index (χ2n) is 8.26. The molecular weight excluding hydrogens is 474 g/mol. The predicted molar refractivity (Wildman–Crippen MR) is 148 cm³/mol. The molecule has 0 spiro atoms. The van der Waals surface area contributed by atoms with Crippen LogP contribution >= 0.6 is 11.8 Å². The zero-order valence-electron chi connectivity index (χ0n) is 20.0. The summed E-state index contributed by atoms with van der Waals surface area (Å²) in [5, 5.41) is 0. The topological polar surface area (TPSA) is 39.2 Å². The highest BCUT2D eigenvalue weighted by Gasteiger charge is 2.37. The van der Waals surface area contributed by atoms with Gasteiger partial charge < -0.3 is 4.74 Å². The van der Waals surface area contributed by atoms with Gasteiger partial charge in [0.1, 0.15) is 6.11 Å². The summed E-state index contributed by atoms with van der Waals surface area (Å²) < 4.78 is 4.62. The summed E-state index contributed by atoms with van der Waals surface area (Å²) in [6.45, 7) is 0. The number of aromatic nitrogens is 1. The van der Waals surface area contributed by atoms with Crippen molar-refractivity contribution >= 4 is 17.7 Å². The Morgan fingerprint density at radius 2 is 1.22 bits per heavy atom. The molecule has 1 heterocycles. The van der Waals surface area contributed by atoms with Crippen LogP contribution < -0.4 is 0 Å². The van der Waals surface area contributed by atoms with E-state index in [-0.39, 0.29) is 0 Å². The van der Waals surface area contributed by atoms with Crippen LogP contribution in [0.3, 0.4) is 0 Å². The van der Waals surface area contributed by atoms with Gasteiger partial charge >= 0.3 is 5.97 Å². The van der Waals surface area contributed by atoms with Crippen molar-refractivity contribution in [3.05, 3.63) is 168 Å². The number of nitrogens with zero attached hydrogens (tertiary/aromatic N) is 1. The van der Waals surface area contributed by atoms with E-state index in [4.69, 9.17) is 4.74 Å². The molecule has 0 radical (unpaired) electrons. The quantitative estimate of drug-likeness (QED) is 0.107. The van der Waals surface area contributed by atoms with Crippen molar-refractivity contribution in [2.75, 3.05) is 0 Å². The number of pyridine rings is 1. The van der Waals surface area contributed by atoms with Crippen LogP contribution in [0.4, 0.5) is 0 Å². The maximum Gasteiger partial charge on any atom is 0.353 e. The molecule has 4 heteroatoms. The molecule has 4 aromatic carbocycles. The van der Waals surface area contributed by atoms with Crippen molar-refractivity contribution in [1.82, 2.24) is 4.98 Å². The molecule has 0 saturated heterocycles. The number of esters is 1. The van der Waals surface area contributed by atoms with Gasteiger partial charge in [0.25, 0.3) is 0 Å². The molecule has 0 aliphatic rings. The van der Waals surface area contributed by atoms with Crippen molar-refractivity contribution in [1.29, 1.82) is 0 Å². The van der Waals surface area contributed by atoms with E-state index in [0.717, 1.165) is 10.5 Å². The average molecular weight is 498 g/mol. The maximum atomic E-state index is 12.1. The standard InChI is InChI=1S/C33H23NO2S/c35-32(27-11-10-23-34-25-27)36-24-22-26-18-20-31(21-19-26)37-33(28-12-4-1-5-13-28,29-14-6-2-7-15-29)30-16-8-3-9-17-30/h1-21,23,25H. The summed E-state index contributed by atoms with van der Waals surface area (Å²) in [4.78, 5) is 17.1. The molecule has 0 saturated carbocycles. The van der Waals surface area contributed by atoms with E-state index in [1.807, 2.05) is 30.3 Å². The van der Waals surface area contributed by atoms with Gasteiger partial charge in [0.2, 0.25) is 0 Å². The van der Waals surface area contributed by atoms with Crippen LogP contribution in [0.5, 0.6) is 0 Å². The van der Waals surface area contributed by atoms with Crippen LogP contribution in [0.1, 0.15) is 32.6 Å². The van der Waals surface area contributed by atoms with Crippen molar-refractivity contribution in [2.24, 2.45) is 0 Å². The Hall–Kier alpha value is -4.59. The predicted octanol–water partition coefficient (Wildman–Crippen LogP) is 7.33. The van der Waals surface area contributed by atoms with Gasteiger partial charge in [0.05, 0.1) is 10.3 Å². The molecule has 1 aromatic heterocycles. The van der Waals surface area contributed by atoms with Crippen LogP contribution in [0, 0.1) is 12.0 Å². The first-order chi connectivity index (χ1) is 18.3. The number of hydrogen-bond donors (Lipinski definition) is 0. The first kappa shape index (κ1) is 24.1. The third-order valence-electron chi connectivity index (χ3n) is 5.90. The van der Waals surface area contributed by atoms with E-state index in [1.165, 1.54) is 22.9 Å². The minimum atomic E-state index is -0.522. The molecule has 0 aliphatic carbocycles. The minimum absolute atomic E-state index is 0.364. The van der Waals surface area contributed by atoms with Crippen molar-refractivity contribution in [3.8, 4) is 12.0 Å². The van der Waals surface area contributed by atoms with Crippen LogP contribution in [0.25, 0.3) is 0 Å². The molecule has 178 valence electrons. The lowest BCUT2D eigenvalue weighted by atomic mass is 9.84. The number of thioether (sulfide) groups is 1. The zero-order chi connectivity index (χ0) is 25.3. The fourth-order valence-electron chi connectivity index (χ4n) is 4.15. The summed E-state index contributed by atoms with van der Waals surface area (Å²) in [6, 6.07) is 43.1. The molecule has 0 unspecified atom stereocenters. The molecule has 0 N–H and O–H groups in total. The Kier molecular flexibility index (Phi) is 7.45. The molecule has 5 rings (SSSR count). The highest BCUT2D eigenvalue weighted by atomic mass is 32.2. The Labute approximate surface area is 221 Å². The number of ether oxygens (including phenoxy) is 1. The fraction of sp³-hybridized carbons (Fsp3) is 0.0303. The second-order valence-corrected chi connectivity index (χ2v) is 9.55. The third kappa shape index (κ3) is 5.48. The summed E-state index contributed by atoms with van der Waals surface area (Å²) in [6.07, 6.45) is 5.57. The zero-order valence-corrected chi connectivity index (χ0v) is 20.8. The largest absolute Gasteiger partial charge is 0.368 e. The van der Waals surface area contributed by atoms with Crippen molar-refractivity contribution in [3.63, 3.8) is 0 Å². The molecule has 0 fully saturated rings. The smallest absolute Gasteiger partial charge is 0.353 e. The first-order valence-electron chi connectivity index (χ1n) is 11.8. The third-order valence-corrected chi connectivity index (χ3v) is 7.42. The van der Waals surface area contributed by atoms with Crippen LogP contribution in [-0.4, -0.2) is 11.0 Å². The summed E-state index contributed by atoms with van der Waals surface area (Å²) in [5.74, 6) is 2.39. The van der Waals surface area contributed by atoms with E-state index in [2.05, 4.69) is 102 Å². The molecule has 0 aliphatic heterocycles. The Morgan fingerprint density at radius 1 is 0.676 bits per heavy atom. The Balaban J connectivity index is 1.46. The molecule has 0 bridgehead atoms. The van der Waals surface area contributed by atoms with Crippen LogP contribution in [0.15, 0.2) is 145 Å². The number of rotatable bonds is 6. The minimum Gasteiger partial charge on any atom is -0.368 e. The van der Waals surface area contributed by atoms with Crippen LogP contribution in [-0.2, 0) is 9.48 Å². The molecule has 3 nitrogen and oxygen atoms in total. The average Bonchev–Trinajstić information content (AvgIpc) is 2.98. The first-order valence-corrected chi connectivity index (χ1v) is 12.7. The number of benzene rings is 4. The van der Waals surface area contributed by atoms with Gasteiger partial charge in [-0.05, 0) is 59.0 Å². The van der Waals surface area contributed by atoms with Crippen molar-refractivity contribution < 1.29 is 9.53 Å². The number of hydrogen-bond acceptors (Lipinski definition) is 4. The van der Waals surface area contributed by atoms with E-state index < -0.39 is 10.7 Å². The number of carbonyl (C=O) groups excluding carboxylic acids is 1. The molecule has 0 amide bonds. The Morgan fingerprint density at radius 3 is 1.70 bits per heavy atom. The second kappa shape index (κ2) is 11.4. The van der Waals surface area contributed by atoms with Gasteiger partial charge in [-0.1, -0.05) is 91.0 Å². The summed E-state index contributed by atoms with van der Waals surface area (Å²) >= 11 is 1.79. The molecule has 0 atom stereocenters.